The van der Waals surface area contributed by atoms with Crippen LogP contribution in [0, 0.1) is 5.82 Å². The lowest BCUT2D eigenvalue weighted by atomic mass is 9.87. The van der Waals surface area contributed by atoms with Crippen molar-refractivity contribution >= 4 is 6.16 Å². The summed E-state index contributed by atoms with van der Waals surface area (Å²) in [5.74, 6) is -0.724. The van der Waals surface area contributed by atoms with Crippen molar-refractivity contribution in [1.29, 1.82) is 0 Å². The van der Waals surface area contributed by atoms with E-state index in [-0.39, 0.29) is 11.2 Å². The number of carbonyl (C=O) groups is 1. The van der Waals surface area contributed by atoms with Crippen LogP contribution < -0.4 is 4.74 Å². The van der Waals surface area contributed by atoms with Gasteiger partial charge >= 0.3 is 6.16 Å². The second-order valence-electron chi connectivity index (χ2n) is 4.96. The van der Waals surface area contributed by atoms with E-state index in [0.29, 0.717) is 5.56 Å². The van der Waals surface area contributed by atoms with E-state index in [0.717, 1.165) is 6.07 Å². The van der Waals surface area contributed by atoms with Gasteiger partial charge in [-0.15, -0.1) is 0 Å². The first kappa shape index (κ1) is 15.3. The number of hydrogen-bond donors (Lipinski definition) is 0. The Morgan fingerprint density at radius 2 is 1.95 bits per heavy atom. The lowest BCUT2D eigenvalue weighted by Crippen LogP contribution is -2.19. The van der Waals surface area contributed by atoms with Gasteiger partial charge in [-0.2, -0.15) is 4.39 Å². The summed E-state index contributed by atoms with van der Waals surface area (Å²) < 4.78 is 46.2. The van der Waals surface area contributed by atoms with Crippen LogP contribution in [-0.2, 0) is 10.2 Å². The van der Waals surface area contributed by atoms with Gasteiger partial charge in [-0.25, -0.2) is 13.6 Å². The zero-order chi connectivity index (χ0) is 14.6. The average molecular weight is 276 g/mol. The molecular weight excluding hydrogens is 261 g/mol. The molecule has 0 N–H and O–H groups in total. The van der Waals surface area contributed by atoms with Gasteiger partial charge in [-0.1, -0.05) is 20.8 Å². The second-order valence-corrected chi connectivity index (χ2v) is 4.96. The lowest BCUT2D eigenvalue weighted by Gasteiger charge is -2.19. The number of ether oxygens (including phenoxy) is 2. The Morgan fingerprint density at radius 1 is 1.32 bits per heavy atom. The predicted molar refractivity (Wildman–Crippen MR) is 63.1 cm³/mol. The summed E-state index contributed by atoms with van der Waals surface area (Å²) in [5.41, 5.74) is 0.240. The quantitative estimate of drug-likeness (QED) is 0.620. The van der Waals surface area contributed by atoms with Crippen LogP contribution >= 0.6 is 0 Å². The molecular formula is C13H15F3O3. The van der Waals surface area contributed by atoms with Crippen LogP contribution in [-0.4, -0.2) is 19.2 Å². The minimum atomic E-state index is -2.39. The van der Waals surface area contributed by atoms with Gasteiger partial charge in [0.25, 0.3) is 6.36 Å². The summed E-state index contributed by atoms with van der Waals surface area (Å²) in [5, 5.41) is 0. The van der Waals surface area contributed by atoms with E-state index >= 15 is 0 Å². The van der Waals surface area contributed by atoms with Crippen LogP contribution in [0.4, 0.5) is 18.0 Å². The maximum Gasteiger partial charge on any atom is 0.516 e. The summed E-state index contributed by atoms with van der Waals surface area (Å²) in [6.07, 6.45) is -3.81. The van der Waals surface area contributed by atoms with Crippen LogP contribution in [0.25, 0.3) is 0 Å². The summed E-state index contributed by atoms with van der Waals surface area (Å²) in [4.78, 5) is 11.1. The van der Waals surface area contributed by atoms with Crippen molar-refractivity contribution in [3.05, 3.63) is 29.6 Å². The largest absolute Gasteiger partial charge is 0.516 e. The van der Waals surface area contributed by atoms with Crippen molar-refractivity contribution in [2.45, 2.75) is 32.5 Å². The normalized spacial score (nSPS) is 12.9. The van der Waals surface area contributed by atoms with E-state index in [1.165, 1.54) is 12.1 Å². The van der Waals surface area contributed by atoms with Gasteiger partial charge in [-0.05, 0) is 23.1 Å². The second kappa shape index (κ2) is 5.95. The highest BCUT2D eigenvalue weighted by Crippen LogP contribution is 2.27. The maximum atomic E-state index is 13.4. The van der Waals surface area contributed by atoms with Crippen molar-refractivity contribution < 1.29 is 27.4 Å². The van der Waals surface area contributed by atoms with Crippen LogP contribution in [0.1, 0.15) is 26.3 Å². The molecule has 0 aliphatic carbocycles. The van der Waals surface area contributed by atoms with Crippen molar-refractivity contribution in [3.63, 3.8) is 0 Å². The molecule has 0 saturated heterocycles. The van der Waals surface area contributed by atoms with E-state index < -0.39 is 25.0 Å². The minimum absolute atomic E-state index is 0.124. The number of benzene rings is 1. The van der Waals surface area contributed by atoms with Crippen LogP contribution in [0.15, 0.2) is 18.2 Å². The molecule has 0 aliphatic heterocycles. The molecule has 0 bridgehead atoms. The Kier molecular flexibility index (Phi) is 4.80. The van der Waals surface area contributed by atoms with Crippen molar-refractivity contribution in [3.8, 4) is 5.75 Å². The highest BCUT2D eigenvalue weighted by molar-refractivity contribution is 5.64. The molecule has 1 rings (SSSR count). The number of rotatable bonds is 3. The first-order valence-corrected chi connectivity index (χ1v) is 5.62. The molecule has 1 unspecified atom stereocenters. The molecule has 0 radical (unpaired) electrons. The van der Waals surface area contributed by atoms with Gasteiger partial charge in [0, 0.05) is 6.07 Å². The number of halogens is 3. The van der Waals surface area contributed by atoms with Gasteiger partial charge < -0.3 is 9.47 Å². The molecule has 3 nitrogen and oxygen atoms in total. The lowest BCUT2D eigenvalue weighted by molar-refractivity contribution is -0.0232. The summed E-state index contributed by atoms with van der Waals surface area (Å²) in [7, 11) is 0. The molecule has 1 aromatic rings. The molecule has 0 amide bonds. The third kappa shape index (κ3) is 4.81. The molecule has 1 atom stereocenters. The third-order valence-corrected chi connectivity index (χ3v) is 2.28. The van der Waals surface area contributed by atoms with Gasteiger partial charge in [0.15, 0.2) is 6.67 Å². The number of alkyl halides is 2. The van der Waals surface area contributed by atoms with E-state index in [2.05, 4.69) is 9.47 Å². The summed E-state index contributed by atoms with van der Waals surface area (Å²) in [6.45, 7) is 4.09. The number of carbonyl (C=O) groups excluding carboxylic acids is 1. The van der Waals surface area contributed by atoms with Crippen molar-refractivity contribution in [1.82, 2.24) is 0 Å². The highest BCUT2D eigenvalue weighted by Gasteiger charge is 2.19. The fourth-order valence-electron chi connectivity index (χ4n) is 1.31. The zero-order valence-corrected chi connectivity index (χ0v) is 10.9. The van der Waals surface area contributed by atoms with Gasteiger partial charge in [0.1, 0.15) is 11.6 Å². The van der Waals surface area contributed by atoms with Gasteiger partial charge in [0.2, 0.25) is 0 Å². The third-order valence-electron chi connectivity index (χ3n) is 2.28. The number of hydrogen-bond acceptors (Lipinski definition) is 3. The molecule has 106 valence electrons. The molecule has 1 aromatic carbocycles. The average Bonchev–Trinajstić information content (AvgIpc) is 2.26. The molecule has 6 heteroatoms. The standard InChI is InChI=1S/C13H15F3O3/c1-13(2,3)8-4-9(15)6-10(5-8)18-12(17)19-11(16)7-14/h4-6,11H,7H2,1-3H3. The summed E-state index contributed by atoms with van der Waals surface area (Å²) in [6, 6.07) is 3.70. The monoisotopic (exact) mass is 276 g/mol. The Balaban J connectivity index is 2.84. The molecule has 0 spiro atoms. The molecule has 0 fully saturated rings. The summed E-state index contributed by atoms with van der Waals surface area (Å²) >= 11 is 0. The van der Waals surface area contributed by atoms with Crippen LogP contribution in [0.5, 0.6) is 5.75 Å². The van der Waals surface area contributed by atoms with Crippen molar-refractivity contribution in [2.24, 2.45) is 0 Å². The Bertz CT molecular complexity index is 455. The topological polar surface area (TPSA) is 35.5 Å². The first-order valence-electron chi connectivity index (χ1n) is 5.62. The van der Waals surface area contributed by atoms with Crippen LogP contribution in [0.2, 0.25) is 0 Å². The fourth-order valence-corrected chi connectivity index (χ4v) is 1.31. The van der Waals surface area contributed by atoms with E-state index in [1.54, 1.807) is 0 Å². The zero-order valence-electron chi connectivity index (χ0n) is 10.9. The van der Waals surface area contributed by atoms with Crippen LogP contribution in [0.3, 0.4) is 0 Å². The van der Waals surface area contributed by atoms with Crippen molar-refractivity contribution in [2.75, 3.05) is 6.67 Å². The molecule has 19 heavy (non-hydrogen) atoms. The first-order chi connectivity index (χ1) is 8.72. The fraction of sp³-hybridized carbons (Fsp3) is 0.462. The Hall–Kier alpha value is -1.72. The SMILES string of the molecule is CC(C)(C)c1cc(F)cc(OC(=O)OC(F)CF)c1. The van der Waals surface area contributed by atoms with E-state index in [1.807, 2.05) is 20.8 Å². The Morgan fingerprint density at radius 3 is 2.47 bits per heavy atom. The van der Waals surface area contributed by atoms with E-state index in [4.69, 9.17) is 0 Å². The maximum absolute atomic E-state index is 13.4. The smallest absolute Gasteiger partial charge is 0.396 e. The van der Waals surface area contributed by atoms with Gasteiger partial charge in [-0.3, -0.25) is 0 Å². The van der Waals surface area contributed by atoms with E-state index in [9.17, 15) is 18.0 Å². The highest BCUT2D eigenvalue weighted by atomic mass is 19.2. The van der Waals surface area contributed by atoms with Gasteiger partial charge in [0.05, 0.1) is 0 Å². The molecule has 0 aromatic heterocycles. The molecule has 0 aliphatic rings. The molecule has 0 saturated carbocycles. The predicted octanol–water partition coefficient (Wildman–Crippen LogP) is 3.90. The Labute approximate surface area is 109 Å². The molecule has 0 heterocycles. The minimum Gasteiger partial charge on any atom is -0.396 e.